The molecule has 3 aromatic heterocycles. The first-order chi connectivity index (χ1) is 16.9. The summed E-state index contributed by atoms with van der Waals surface area (Å²) in [6.45, 7) is 4.51. The second-order valence-electron chi connectivity index (χ2n) is 8.36. The molecular weight excluding hydrogens is 483 g/mol. The van der Waals surface area contributed by atoms with Crippen molar-refractivity contribution in [3.05, 3.63) is 93.9 Å². The number of halogens is 2. The Labute approximate surface area is 212 Å². The van der Waals surface area contributed by atoms with Gasteiger partial charge in [0.2, 0.25) is 5.91 Å². The number of anilines is 1. The molecule has 5 aromatic rings. The van der Waals surface area contributed by atoms with E-state index in [1.807, 2.05) is 19.1 Å². The highest BCUT2D eigenvalue weighted by atomic mass is 35.5. The number of pyridine rings is 1. The van der Waals surface area contributed by atoms with Crippen LogP contribution in [0.1, 0.15) is 16.8 Å². The van der Waals surface area contributed by atoms with Crippen LogP contribution in [0.5, 0.6) is 0 Å². The van der Waals surface area contributed by atoms with Gasteiger partial charge in [0.15, 0.2) is 11.5 Å². The van der Waals surface area contributed by atoms with Gasteiger partial charge < -0.3 is 5.32 Å². The summed E-state index contributed by atoms with van der Waals surface area (Å²) in [6.07, 6.45) is 3.54. The molecule has 0 atom stereocenters. The van der Waals surface area contributed by atoms with Crippen LogP contribution < -0.4 is 5.32 Å². The maximum absolute atomic E-state index is 12.8. The Hall–Kier alpha value is -3.68. The summed E-state index contributed by atoms with van der Waals surface area (Å²) in [5.74, 6) is 0.216. The van der Waals surface area contributed by atoms with Crippen LogP contribution in [0.2, 0.25) is 10.0 Å². The number of aryl methyl sites for hydroxylation is 2. The van der Waals surface area contributed by atoms with Gasteiger partial charge in [0.05, 0.1) is 22.3 Å². The van der Waals surface area contributed by atoms with E-state index in [0.717, 1.165) is 27.8 Å². The number of hydrogen-bond acceptors (Lipinski definition) is 4. The molecule has 0 bridgehead atoms. The highest BCUT2D eigenvalue weighted by molar-refractivity contribution is 6.42. The highest BCUT2D eigenvalue weighted by Crippen LogP contribution is 2.30. The van der Waals surface area contributed by atoms with Crippen molar-refractivity contribution in [1.29, 1.82) is 0 Å². The number of hydrogen-bond donors (Lipinski definition) is 1. The third-order valence-electron chi connectivity index (χ3n) is 5.70. The fourth-order valence-electron chi connectivity index (χ4n) is 4.03. The van der Waals surface area contributed by atoms with Crippen LogP contribution in [-0.2, 0) is 17.9 Å². The first kappa shape index (κ1) is 23.1. The number of carbonyl (C=O) groups excluding carboxylic acids is 1. The smallest absolute Gasteiger partial charge is 0.247 e. The maximum Gasteiger partial charge on any atom is 0.247 e. The van der Waals surface area contributed by atoms with Gasteiger partial charge in [0.1, 0.15) is 6.54 Å². The van der Waals surface area contributed by atoms with E-state index >= 15 is 0 Å². The SMILES string of the molecule is Cc1ccc(-c2ccnc3c2c(C)nn3CC(=O)Nc2ccn(Cc3ccc(Cl)c(Cl)c3)n2)cc1. The molecule has 2 aromatic carbocycles. The van der Waals surface area contributed by atoms with Crippen LogP contribution in [-0.4, -0.2) is 30.5 Å². The second-order valence-corrected chi connectivity index (χ2v) is 9.18. The lowest BCUT2D eigenvalue weighted by molar-refractivity contribution is -0.116. The van der Waals surface area contributed by atoms with E-state index in [2.05, 4.69) is 51.7 Å². The first-order valence-electron chi connectivity index (χ1n) is 11.0. The van der Waals surface area contributed by atoms with Crippen molar-refractivity contribution >= 4 is 46.0 Å². The summed E-state index contributed by atoms with van der Waals surface area (Å²) in [7, 11) is 0. The average molecular weight is 505 g/mol. The van der Waals surface area contributed by atoms with E-state index in [4.69, 9.17) is 23.2 Å². The van der Waals surface area contributed by atoms with E-state index in [9.17, 15) is 4.79 Å². The minimum absolute atomic E-state index is 0.0222. The number of benzene rings is 2. The van der Waals surface area contributed by atoms with Gasteiger partial charge in [-0.25, -0.2) is 9.67 Å². The number of nitrogens with one attached hydrogen (secondary N) is 1. The fraction of sp³-hybridized carbons (Fsp3) is 0.154. The van der Waals surface area contributed by atoms with E-state index in [1.165, 1.54) is 5.56 Å². The first-order valence-corrected chi connectivity index (χ1v) is 11.8. The predicted octanol–water partition coefficient (Wildman–Crippen LogP) is 5.91. The zero-order valence-corrected chi connectivity index (χ0v) is 20.7. The van der Waals surface area contributed by atoms with Crippen molar-refractivity contribution in [3.63, 3.8) is 0 Å². The van der Waals surface area contributed by atoms with Crippen molar-refractivity contribution in [2.45, 2.75) is 26.9 Å². The largest absolute Gasteiger partial charge is 0.308 e. The van der Waals surface area contributed by atoms with Crippen LogP contribution in [0.15, 0.2) is 67.0 Å². The minimum atomic E-state index is -0.239. The molecule has 1 amide bonds. The molecule has 9 heteroatoms. The predicted molar refractivity (Wildman–Crippen MR) is 139 cm³/mol. The van der Waals surface area contributed by atoms with Gasteiger partial charge in [-0.3, -0.25) is 9.48 Å². The van der Waals surface area contributed by atoms with Gasteiger partial charge in [0.25, 0.3) is 0 Å². The standard InChI is InChI=1S/C26H22Cl2N6O/c1-16-3-6-19(7-4-16)20-9-11-29-26-25(20)17(2)31-34(26)15-24(35)30-23-10-12-33(32-23)14-18-5-8-21(27)22(28)13-18/h3-13H,14-15H2,1-2H3,(H,30,32,35). The Balaban J connectivity index is 1.32. The lowest BCUT2D eigenvalue weighted by Crippen LogP contribution is -2.20. The lowest BCUT2D eigenvalue weighted by Gasteiger charge is -2.06. The molecular formula is C26H22Cl2N6O. The maximum atomic E-state index is 12.8. The molecule has 0 saturated carbocycles. The highest BCUT2D eigenvalue weighted by Gasteiger charge is 2.16. The Morgan fingerprint density at radius 3 is 2.54 bits per heavy atom. The zero-order chi connectivity index (χ0) is 24.5. The third kappa shape index (κ3) is 4.92. The van der Waals surface area contributed by atoms with Crippen molar-refractivity contribution in [2.24, 2.45) is 0 Å². The Bertz CT molecular complexity index is 1540. The number of aromatic nitrogens is 5. The number of fused-ring (bicyclic) bond motifs is 1. The Kier molecular flexibility index (Phi) is 6.28. The van der Waals surface area contributed by atoms with Crippen LogP contribution in [0.3, 0.4) is 0 Å². The van der Waals surface area contributed by atoms with Crippen molar-refractivity contribution < 1.29 is 4.79 Å². The van der Waals surface area contributed by atoms with E-state index < -0.39 is 0 Å². The van der Waals surface area contributed by atoms with Gasteiger partial charge in [-0.2, -0.15) is 10.2 Å². The van der Waals surface area contributed by atoms with Crippen molar-refractivity contribution in [3.8, 4) is 11.1 Å². The minimum Gasteiger partial charge on any atom is -0.308 e. The van der Waals surface area contributed by atoms with Crippen molar-refractivity contribution in [2.75, 3.05) is 5.32 Å². The molecule has 0 radical (unpaired) electrons. The summed E-state index contributed by atoms with van der Waals surface area (Å²) in [5.41, 5.74) is 5.77. The van der Waals surface area contributed by atoms with Crippen LogP contribution in [0.4, 0.5) is 5.82 Å². The number of carbonyl (C=O) groups is 1. The quantitative estimate of drug-likeness (QED) is 0.312. The fourth-order valence-corrected chi connectivity index (χ4v) is 4.35. The van der Waals surface area contributed by atoms with Crippen LogP contribution >= 0.6 is 23.2 Å². The molecule has 0 aliphatic rings. The number of nitrogens with zero attached hydrogens (tertiary/aromatic N) is 5. The molecule has 7 nitrogen and oxygen atoms in total. The normalized spacial score (nSPS) is 11.2. The molecule has 0 unspecified atom stereocenters. The number of amides is 1. The molecule has 1 N–H and O–H groups in total. The monoisotopic (exact) mass is 504 g/mol. The summed E-state index contributed by atoms with van der Waals surface area (Å²) >= 11 is 12.1. The van der Waals surface area contributed by atoms with Gasteiger partial charge in [-0.15, -0.1) is 0 Å². The third-order valence-corrected chi connectivity index (χ3v) is 6.44. The Morgan fingerprint density at radius 1 is 0.971 bits per heavy atom. The molecule has 35 heavy (non-hydrogen) atoms. The van der Waals surface area contributed by atoms with Gasteiger partial charge in [-0.1, -0.05) is 59.1 Å². The summed E-state index contributed by atoms with van der Waals surface area (Å²) < 4.78 is 3.35. The topological polar surface area (TPSA) is 77.6 Å². The van der Waals surface area contributed by atoms with Gasteiger partial charge in [0, 0.05) is 23.8 Å². The summed E-state index contributed by atoms with van der Waals surface area (Å²) in [5, 5.41) is 13.8. The lowest BCUT2D eigenvalue weighted by atomic mass is 10.0. The van der Waals surface area contributed by atoms with Gasteiger partial charge >= 0.3 is 0 Å². The number of rotatable bonds is 6. The molecule has 176 valence electrons. The molecule has 0 spiro atoms. The zero-order valence-electron chi connectivity index (χ0n) is 19.2. The van der Waals surface area contributed by atoms with E-state index in [-0.39, 0.29) is 12.5 Å². The molecule has 5 rings (SSSR count). The van der Waals surface area contributed by atoms with Crippen molar-refractivity contribution in [1.82, 2.24) is 24.5 Å². The molecule has 0 aliphatic heterocycles. The molecule has 0 saturated heterocycles. The summed E-state index contributed by atoms with van der Waals surface area (Å²) in [6, 6.07) is 17.5. The van der Waals surface area contributed by atoms with Crippen LogP contribution in [0.25, 0.3) is 22.2 Å². The Morgan fingerprint density at radius 2 is 1.77 bits per heavy atom. The average Bonchev–Trinajstić information content (AvgIpc) is 3.40. The molecule has 0 aliphatic carbocycles. The van der Waals surface area contributed by atoms with Gasteiger partial charge in [-0.05, 0) is 48.7 Å². The second kappa shape index (κ2) is 9.52. The van der Waals surface area contributed by atoms with Crippen LogP contribution in [0, 0.1) is 13.8 Å². The van der Waals surface area contributed by atoms with E-state index in [0.29, 0.717) is 28.1 Å². The summed E-state index contributed by atoms with van der Waals surface area (Å²) in [4.78, 5) is 17.3. The van der Waals surface area contributed by atoms with E-state index in [1.54, 1.807) is 40.0 Å². The molecule has 0 fully saturated rings. The molecule has 3 heterocycles.